The number of methoxy groups -OCH3 is 1. The van der Waals surface area contributed by atoms with Crippen LogP contribution in [0, 0.1) is 13.8 Å². The Kier molecular flexibility index (Phi) is 5.88. The van der Waals surface area contributed by atoms with Crippen molar-refractivity contribution in [2.24, 2.45) is 0 Å². The Morgan fingerprint density at radius 1 is 1.12 bits per heavy atom. The highest BCUT2D eigenvalue weighted by Gasteiger charge is 2.48. The Morgan fingerprint density at radius 3 is 2.47 bits per heavy atom. The van der Waals surface area contributed by atoms with Gasteiger partial charge in [-0.05, 0) is 77.8 Å². The number of aliphatic hydroxyl groups is 1. The highest BCUT2D eigenvalue weighted by Crippen LogP contribution is 2.43. The van der Waals surface area contributed by atoms with Crippen molar-refractivity contribution in [2.75, 3.05) is 12.0 Å². The number of Topliss-reactive ketones (excluding diaryl/α,β-unsaturated/α-hetero) is 1. The summed E-state index contributed by atoms with van der Waals surface area (Å²) in [6, 6.07) is 12.4. The minimum absolute atomic E-state index is 0.0712. The minimum Gasteiger partial charge on any atom is -0.507 e. The van der Waals surface area contributed by atoms with Crippen LogP contribution < -0.4 is 9.64 Å². The zero-order valence-corrected chi connectivity index (χ0v) is 19.8. The SMILES string of the molecule is COc1ccc(/C(O)=C2/C(=O)C(=O)N(c3ccc(C)c(Cl)c3)C2c2ccc(C)o2)cc1Br. The van der Waals surface area contributed by atoms with Crippen LogP contribution in [0.3, 0.4) is 0 Å². The number of hydrogen-bond acceptors (Lipinski definition) is 5. The van der Waals surface area contributed by atoms with Gasteiger partial charge in [-0.1, -0.05) is 17.7 Å². The molecular formula is C24H19BrClNO5. The number of halogens is 2. The topological polar surface area (TPSA) is 80.0 Å². The molecule has 1 amide bonds. The van der Waals surface area contributed by atoms with Gasteiger partial charge in [-0.25, -0.2) is 0 Å². The summed E-state index contributed by atoms with van der Waals surface area (Å²) in [5.74, 6) is -0.378. The van der Waals surface area contributed by atoms with Crippen LogP contribution in [0.25, 0.3) is 5.76 Å². The Bertz CT molecular complexity index is 1280. The fraction of sp³-hybridized carbons (Fsp3) is 0.167. The van der Waals surface area contributed by atoms with Gasteiger partial charge in [0.05, 0.1) is 17.2 Å². The molecule has 8 heteroatoms. The second kappa shape index (κ2) is 8.48. The third-order valence-corrected chi connectivity index (χ3v) is 6.36. The van der Waals surface area contributed by atoms with Gasteiger partial charge in [-0.15, -0.1) is 0 Å². The van der Waals surface area contributed by atoms with E-state index in [0.717, 1.165) is 5.56 Å². The number of aliphatic hydroxyl groups excluding tert-OH is 1. The lowest BCUT2D eigenvalue weighted by Gasteiger charge is -2.24. The number of ketones is 1. The maximum absolute atomic E-state index is 13.1. The number of anilines is 1. The van der Waals surface area contributed by atoms with Crippen LogP contribution in [-0.2, 0) is 9.59 Å². The first-order valence-electron chi connectivity index (χ1n) is 9.70. The molecule has 6 nitrogen and oxygen atoms in total. The van der Waals surface area contributed by atoms with Crippen molar-refractivity contribution in [1.82, 2.24) is 0 Å². The largest absolute Gasteiger partial charge is 0.507 e. The van der Waals surface area contributed by atoms with Crippen molar-refractivity contribution < 1.29 is 23.8 Å². The van der Waals surface area contributed by atoms with Crippen LogP contribution in [0.4, 0.5) is 5.69 Å². The molecule has 4 rings (SSSR count). The lowest BCUT2D eigenvalue weighted by Crippen LogP contribution is -2.29. The fourth-order valence-electron chi connectivity index (χ4n) is 3.67. The van der Waals surface area contributed by atoms with Crippen LogP contribution in [0.2, 0.25) is 5.02 Å². The summed E-state index contributed by atoms with van der Waals surface area (Å²) in [5, 5.41) is 11.6. The van der Waals surface area contributed by atoms with E-state index in [4.69, 9.17) is 20.8 Å². The average molecular weight is 517 g/mol. The summed E-state index contributed by atoms with van der Waals surface area (Å²) in [6.45, 7) is 3.61. The van der Waals surface area contributed by atoms with E-state index in [0.29, 0.717) is 38.0 Å². The molecular weight excluding hydrogens is 498 g/mol. The molecule has 0 radical (unpaired) electrons. The summed E-state index contributed by atoms with van der Waals surface area (Å²) in [4.78, 5) is 27.6. The summed E-state index contributed by atoms with van der Waals surface area (Å²) in [6.07, 6.45) is 0. The molecule has 1 aliphatic rings. The molecule has 2 heterocycles. The summed E-state index contributed by atoms with van der Waals surface area (Å²) in [5.41, 5.74) is 1.54. The van der Waals surface area contributed by atoms with E-state index in [2.05, 4.69) is 15.9 Å². The molecule has 1 aromatic heterocycles. The first-order chi connectivity index (χ1) is 15.2. The Labute approximate surface area is 198 Å². The molecule has 1 saturated heterocycles. The van der Waals surface area contributed by atoms with E-state index in [9.17, 15) is 14.7 Å². The summed E-state index contributed by atoms with van der Waals surface area (Å²) in [7, 11) is 1.52. The number of carbonyl (C=O) groups excluding carboxylic acids is 2. The quantitative estimate of drug-likeness (QED) is 0.263. The van der Waals surface area contributed by atoms with Gasteiger partial charge < -0.3 is 14.3 Å². The van der Waals surface area contributed by atoms with E-state index < -0.39 is 17.7 Å². The summed E-state index contributed by atoms with van der Waals surface area (Å²) >= 11 is 9.67. The molecule has 1 aliphatic heterocycles. The lowest BCUT2D eigenvalue weighted by atomic mass is 9.99. The van der Waals surface area contributed by atoms with Gasteiger partial charge in [-0.2, -0.15) is 0 Å². The second-order valence-corrected chi connectivity index (χ2v) is 8.66. The third kappa shape index (κ3) is 3.72. The van der Waals surface area contributed by atoms with Crippen molar-refractivity contribution in [2.45, 2.75) is 19.9 Å². The van der Waals surface area contributed by atoms with Gasteiger partial charge in [0.15, 0.2) is 0 Å². The van der Waals surface area contributed by atoms with Crippen LogP contribution in [0.1, 0.15) is 28.7 Å². The predicted octanol–water partition coefficient (Wildman–Crippen LogP) is 5.95. The smallest absolute Gasteiger partial charge is 0.300 e. The molecule has 32 heavy (non-hydrogen) atoms. The van der Waals surface area contributed by atoms with E-state index in [1.54, 1.807) is 55.5 Å². The van der Waals surface area contributed by atoms with Crippen molar-refractivity contribution in [1.29, 1.82) is 0 Å². The molecule has 1 N–H and O–H groups in total. The van der Waals surface area contributed by atoms with Crippen LogP contribution >= 0.6 is 27.5 Å². The minimum atomic E-state index is -0.955. The van der Waals surface area contributed by atoms with Crippen LogP contribution in [0.5, 0.6) is 5.75 Å². The van der Waals surface area contributed by atoms with Crippen molar-refractivity contribution in [3.63, 3.8) is 0 Å². The van der Waals surface area contributed by atoms with E-state index in [-0.39, 0.29) is 11.3 Å². The van der Waals surface area contributed by atoms with Gasteiger partial charge in [0.25, 0.3) is 11.7 Å². The third-order valence-electron chi connectivity index (χ3n) is 5.33. The molecule has 3 aromatic rings. The number of nitrogens with zero attached hydrogens (tertiary/aromatic N) is 1. The van der Waals surface area contributed by atoms with Crippen molar-refractivity contribution in [3.05, 3.63) is 86.2 Å². The first-order valence-corrected chi connectivity index (χ1v) is 10.9. The predicted molar refractivity (Wildman–Crippen MR) is 125 cm³/mol. The monoisotopic (exact) mass is 515 g/mol. The lowest BCUT2D eigenvalue weighted by molar-refractivity contribution is -0.132. The molecule has 1 atom stereocenters. The zero-order valence-electron chi connectivity index (χ0n) is 17.5. The van der Waals surface area contributed by atoms with Crippen LogP contribution in [0.15, 0.2) is 63.0 Å². The molecule has 0 saturated carbocycles. The number of carbonyl (C=O) groups is 2. The standard InChI is InChI=1S/C24H19BrClNO5/c1-12-4-7-15(11-17(12)26)27-21(19-8-5-13(2)32-19)20(23(29)24(27)30)22(28)14-6-9-18(31-3)16(25)10-14/h4-11,21,28H,1-3H3/b22-20-. The van der Waals surface area contributed by atoms with E-state index in [1.165, 1.54) is 12.0 Å². The number of rotatable bonds is 4. The van der Waals surface area contributed by atoms with Gasteiger partial charge in [0, 0.05) is 16.3 Å². The van der Waals surface area contributed by atoms with Gasteiger partial charge >= 0.3 is 0 Å². The number of furan rings is 1. The van der Waals surface area contributed by atoms with Crippen molar-refractivity contribution in [3.8, 4) is 5.75 Å². The highest BCUT2D eigenvalue weighted by molar-refractivity contribution is 9.10. The Hall–Kier alpha value is -3.03. The van der Waals surface area contributed by atoms with Crippen LogP contribution in [-0.4, -0.2) is 23.9 Å². The Balaban J connectivity index is 1.93. The maximum atomic E-state index is 13.1. The molecule has 164 valence electrons. The molecule has 0 aliphatic carbocycles. The number of hydrogen-bond donors (Lipinski definition) is 1. The average Bonchev–Trinajstić information content (AvgIpc) is 3.30. The number of benzene rings is 2. The van der Waals surface area contributed by atoms with Gasteiger partial charge in [0.2, 0.25) is 0 Å². The number of ether oxygens (including phenoxy) is 1. The summed E-state index contributed by atoms with van der Waals surface area (Å²) < 4.78 is 11.6. The number of aryl methyl sites for hydroxylation is 2. The van der Waals surface area contributed by atoms with E-state index >= 15 is 0 Å². The van der Waals surface area contributed by atoms with Gasteiger partial charge in [0.1, 0.15) is 29.1 Å². The zero-order chi connectivity index (χ0) is 23.2. The normalized spacial score (nSPS) is 17.8. The molecule has 1 fully saturated rings. The Morgan fingerprint density at radius 2 is 1.88 bits per heavy atom. The first kappa shape index (κ1) is 22.2. The van der Waals surface area contributed by atoms with Gasteiger partial charge in [-0.3, -0.25) is 14.5 Å². The molecule has 1 unspecified atom stereocenters. The van der Waals surface area contributed by atoms with E-state index in [1.807, 2.05) is 6.92 Å². The van der Waals surface area contributed by atoms with Crippen molar-refractivity contribution >= 4 is 50.7 Å². The molecule has 0 bridgehead atoms. The second-order valence-electron chi connectivity index (χ2n) is 7.40. The maximum Gasteiger partial charge on any atom is 0.300 e. The fourth-order valence-corrected chi connectivity index (χ4v) is 4.38. The molecule has 0 spiro atoms. The highest BCUT2D eigenvalue weighted by atomic mass is 79.9. The molecule has 2 aromatic carbocycles. The number of amides is 1.